The van der Waals surface area contributed by atoms with Gasteiger partial charge in [-0.3, -0.25) is 4.99 Å². The van der Waals surface area contributed by atoms with Crippen molar-refractivity contribution in [1.29, 1.82) is 0 Å². The Hall–Kier alpha value is -1.40. The van der Waals surface area contributed by atoms with Crippen LogP contribution in [0, 0.1) is 0 Å². The van der Waals surface area contributed by atoms with Gasteiger partial charge in [-0.1, -0.05) is 0 Å². The minimum Gasteiger partial charge on any atom is -0.370 e. The maximum absolute atomic E-state index is 5.29. The van der Waals surface area contributed by atoms with Crippen molar-refractivity contribution in [3.63, 3.8) is 0 Å². The molecule has 0 atom stereocenters. The first-order valence-electron chi connectivity index (χ1n) is 5.74. The van der Waals surface area contributed by atoms with E-state index in [9.17, 15) is 0 Å². The van der Waals surface area contributed by atoms with E-state index in [2.05, 4.69) is 27.5 Å². The quantitative estimate of drug-likeness (QED) is 0.626. The molecule has 0 spiro atoms. The van der Waals surface area contributed by atoms with Crippen LogP contribution in [0.25, 0.3) is 0 Å². The predicted molar refractivity (Wildman–Crippen MR) is 78.2 cm³/mol. The Balaban J connectivity index is 1.80. The van der Waals surface area contributed by atoms with Gasteiger partial charge in [-0.05, 0) is 25.0 Å². The molecular formula is C12H16N4S2. The predicted octanol–water partition coefficient (Wildman–Crippen LogP) is 1.81. The summed E-state index contributed by atoms with van der Waals surface area (Å²) in [5, 5.41) is 2.10. The zero-order valence-corrected chi connectivity index (χ0v) is 11.6. The van der Waals surface area contributed by atoms with E-state index >= 15 is 0 Å². The Morgan fingerprint density at radius 2 is 1.94 bits per heavy atom. The van der Waals surface area contributed by atoms with Crippen LogP contribution in [0.2, 0.25) is 0 Å². The monoisotopic (exact) mass is 280 g/mol. The highest BCUT2D eigenvalue weighted by Crippen LogP contribution is 2.19. The van der Waals surface area contributed by atoms with Gasteiger partial charge in [-0.2, -0.15) is 0 Å². The van der Waals surface area contributed by atoms with Crippen molar-refractivity contribution in [3.8, 4) is 0 Å². The first kappa shape index (κ1) is 13.0. The fraction of sp³-hybridized carbons (Fsp3) is 0.333. The molecule has 0 aliphatic rings. The molecule has 0 saturated carbocycles. The lowest BCUT2D eigenvalue weighted by molar-refractivity contribution is 0.942. The van der Waals surface area contributed by atoms with Crippen molar-refractivity contribution < 1.29 is 0 Å². The summed E-state index contributed by atoms with van der Waals surface area (Å²) in [5.74, 6) is 0.162. The smallest absolute Gasteiger partial charge is 0.185 e. The lowest BCUT2D eigenvalue weighted by Gasteiger charge is -1.95. The third-order valence-electron chi connectivity index (χ3n) is 2.48. The van der Waals surface area contributed by atoms with Crippen LogP contribution in [-0.2, 0) is 19.3 Å². The molecule has 4 nitrogen and oxygen atoms in total. The van der Waals surface area contributed by atoms with Crippen molar-refractivity contribution in [1.82, 2.24) is 4.98 Å². The Bertz CT molecular complexity index is 498. The molecule has 0 amide bonds. The van der Waals surface area contributed by atoms with E-state index in [-0.39, 0.29) is 5.96 Å². The van der Waals surface area contributed by atoms with Gasteiger partial charge in [0.1, 0.15) is 0 Å². The van der Waals surface area contributed by atoms with Crippen molar-refractivity contribution >= 4 is 28.6 Å². The first-order valence-corrected chi connectivity index (χ1v) is 7.50. The highest BCUT2D eigenvalue weighted by atomic mass is 32.1. The molecule has 4 N–H and O–H groups in total. The highest BCUT2D eigenvalue weighted by Gasteiger charge is 2.02. The maximum Gasteiger partial charge on any atom is 0.185 e. The number of aryl methyl sites for hydroxylation is 2. The molecule has 0 fully saturated rings. The van der Waals surface area contributed by atoms with E-state index in [0.717, 1.165) is 19.3 Å². The lowest BCUT2D eigenvalue weighted by atomic mass is 10.2. The van der Waals surface area contributed by atoms with Gasteiger partial charge < -0.3 is 11.5 Å². The number of guanidine groups is 1. The second-order valence-corrected chi connectivity index (χ2v) is 5.88. The van der Waals surface area contributed by atoms with Crippen molar-refractivity contribution in [3.05, 3.63) is 38.5 Å². The summed E-state index contributed by atoms with van der Waals surface area (Å²) in [6.45, 7) is 0.661. The molecule has 0 aliphatic carbocycles. The van der Waals surface area contributed by atoms with Crippen molar-refractivity contribution in [2.24, 2.45) is 16.5 Å². The Morgan fingerprint density at radius 3 is 2.61 bits per heavy atom. The van der Waals surface area contributed by atoms with Gasteiger partial charge in [0.05, 0.1) is 11.2 Å². The molecule has 0 bridgehead atoms. The van der Waals surface area contributed by atoms with E-state index in [1.807, 2.05) is 16.8 Å². The highest BCUT2D eigenvalue weighted by molar-refractivity contribution is 7.12. The molecule has 0 aromatic carbocycles. The van der Waals surface area contributed by atoms with Gasteiger partial charge in [0.2, 0.25) is 0 Å². The molecule has 96 valence electrons. The van der Waals surface area contributed by atoms with E-state index in [1.165, 1.54) is 15.4 Å². The number of hydrogen-bond donors (Lipinski definition) is 2. The summed E-state index contributed by atoms with van der Waals surface area (Å²) in [7, 11) is 0. The fourth-order valence-corrected chi connectivity index (χ4v) is 3.20. The zero-order valence-electron chi connectivity index (χ0n) is 10.0. The molecule has 2 heterocycles. The van der Waals surface area contributed by atoms with Gasteiger partial charge in [0, 0.05) is 28.1 Å². The third-order valence-corrected chi connectivity index (χ3v) is 4.32. The van der Waals surface area contributed by atoms with Crippen molar-refractivity contribution in [2.45, 2.75) is 19.3 Å². The van der Waals surface area contributed by atoms with E-state index < -0.39 is 0 Å². The molecule has 18 heavy (non-hydrogen) atoms. The van der Waals surface area contributed by atoms with Crippen LogP contribution in [0.15, 0.2) is 28.0 Å². The lowest BCUT2D eigenvalue weighted by Crippen LogP contribution is -2.23. The number of rotatable bonds is 6. The summed E-state index contributed by atoms with van der Waals surface area (Å²) in [6.07, 6.45) is 2.97. The molecule has 2 rings (SSSR count). The van der Waals surface area contributed by atoms with Gasteiger partial charge in [-0.25, -0.2) is 4.98 Å². The molecule has 0 radical (unpaired) electrons. The van der Waals surface area contributed by atoms with Crippen LogP contribution < -0.4 is 11.5 Å². The molecule has 2 aromatic rings. The molecule has 2 aromatic heterocycles. The number of nitrogens with zero attached hydrogens (tertiary/aromatic N) is 2. The summed E-state index contributed by atoms with van der Waals surface area (Å²) in [4.78, 5) is 11.0. The normalized spacial score (nSPS) is 10.4. The largest absolute Gasteiger partial charge is 0.370 e. The van der Waals surface area contributed by atoms with Crippen LogP contribution in [0.5, 0.6) is 0 Å². The summed E-state index contributed by atoms with van der Waals surface area (Å²) in [5.41, 5.74) is 13.6. The second kappa shape index (κ2) is 6.51. The van der Waals surface area contributed by atoms with Crippen molar-refractivity contribution in [2.75, 3.05) is 6.54 Å². The maximum atomic E-state index is 5.29. The van der Waals surface area contributed by atoms with Gasteiger partial charge in [0.25, 0.3) is 0 Å². The minimum absolute atomic E-state index is 0.162. The Labute approximate surface area is 114 Å². The van der Waals surface area contributed by atoms with E-state index in [4.69, 9.17) is 11.5 Å². The number of thiazole rings is 1. The second-order valence-electron chi connectivity index (χ2n) is 3.90. The van der Waals surface area contributed by atoms with Crippen LogP contribution in [0.1, 0.15) is 15.4 Å². The molecule has 0 unspecified atom stereocenters. The molecule has 0 aliphatic heterocycles. The van der Waals surface area contributed by atoms with Gasteiger partial charge >= 0.3 is 0 Å². The van der Waals surface area contributed by atoms with E-state index in [1.54, 1.807) is 11.3 Å². The zero-order chi connectivity index (χ0) is 12.8. The van der Waals surface area contributed by atoms with Gasteiger partial charge in [-0.15, -0.1) is 22.7 Å². The summed E-state index contributed by atoms with van der Waals surface area (Å²) < 4.78 is 0. The number of aliphatic imine (C=N–C) groups is 1. The molecule has 6 heteroatoms. The van der Waals surface area contributed by atoms with Gasteiger partial charge in [0.15, 0.2) is 5.96 Å². The minimum atomic E-state index is 0.162. The average molecular weight is 280 g/mol. The number of aromatic nitrogens is 1. The molecular weight excluding hydrogens is 264 g/mol. The van der Waals surface area contributed by atoms with Crippen LogP contribution >= 0.6 is 22.7 Å². The van der Waals surface area contributed by atoms with E-state index in [0.29, 0.717) is 6.54 Å². The topological polar surface area (TPSA) is 77.3 Å². The number of thiophene rings is 1. The number of hydrogen-bond acceptors (Lipinski definition) is 4. The number of nitrogens with two attached hydrogens (primary N) is 2. The van der Waals surface area contributed by atoms with Crippen LogP contribution in [0.3, 0.4) is 0 Å². The Morgan fingerprint density at radius 1 is 1.17 bits per heavy atom. The first-order chi connectivity index (χ1) is 8.74. The van der Waals surface area contributed by atoms with Crippen LogP contribution in [0.4, 0.5) is 0 Å². The molecule has 0 saturated heterocycles. The fourth-order valence-electron chi connectivity index (χ4n) is 1.60. The summed E-state index contributed by atoms with van der Waals surface area (Å²) >= 11 is 3.48. The third kappa shape index (κ3) is 4.12. The average Bonchev–Trinajstić information content (AvgIpc) is 2.96. The standard InChI is InChI=1S/C12H16N4S2/c13-12(14)15-6-5-11-4-3-10(18-11)2-1-9-7-17-8-16-9/h3-4,7-8H,1-2,5-6H2,(H4,13,14,15). The van der Waals surface area contributed by atoms with Crippen LogP contribution in [-0.4, -0.2) is 17.5 Å². The summed E-state index contributed by atoms with van der Waals surface area (Å²) in [6, 6.07) is 4.34. The SMILES string of the molecule is NC(N)=NCCc1ccc(CCc2cscn2)s1. The Kier molecular flexibility index (Phi) is 4.72.